The first kappa shape index (κ1) is 12.5. The van der Waals surface area contributed by atoms with Crippen LogP contribution in [0.15, 0.2) is 0 Å². The van der Waals surface area contributed by atoms with Crippen molar-refractivity contribution in [2.45, 2.75) is 51.6 Å². The van der Waals surface area contributed by atoms with E-state index in [4.69, 9.17) is 10.8 Å². The molecular weight excluding hydrogens is 192 g/mol. The predicted molar refractivity (Wildman–Crippen MR) is 59.7 cm³/mol. The topological polar surface area (TPSA) is 75.3 Å². The van der Waals surface area contributed by atoms with Crippen LogP contribution in [0.2, 0.25) is 0 Å². The maximum Gasteiger partial charge on any atom is 0.321 e. The van der Waals surface area contributed by atoms with Gasteiger partial charge in [0.05, 0.1) is 0 Å². The molecule has 1 unspecified atom stereocenters. The molecule has 0 aliphatic heterocycles. The Kier molecular flexibility index (Phi) is 4.11. The van der Waals surface area contributed by atoms with Gasteiger partial charge in [0.1, 0.15) is 6.04 Å². The Balaban J connectivity index is 2.22. The van der Waals surface area contributed by atoms with E-state index >= 15 is 0 Å². The minimum Gasteiger partial charge on any atom is -0.480 e. The van der Waals surface area contributed by atoms with Gasteiger partial charge in [-0.05, 0) is 31.1 Å². The lowest BCUT2D eigenvalue weighted by Gasteiger charge is -2.34. The molecule has 1 atom stereocenters. The van der Waals surface area contributed by atoms with Gasteiger partial charge in [0.25, 0.3) is 0 Å². The number of hydrogen-bond donors (Lipinski definition) is 3. The maximum absolute atomic E-state index is 10.5. The van der Waals surface area contributed by atoms with Crippen molar-refractivity contribution < 1.29 is 9.90 Å². The van der Waals surface area contributed by atoms with Crippen LogP contribution in [0.25, 0.3) is 0 Å². The van der Waals surface area contributed by atoms with Gasteiger partial charge < -0.3 is 16.2 Å². The first-order chi connectivity index (χ1) is 6.91. The van der Waals surface area contributed by atoms with E-state index in [0.717, 1.165) is 12.8 Å². The highest BCUT2D eigenvalue weighted by Gasteiger charge is 2.26. The molecule has 0 aromatic carbocycles. The number of carboxylic acids is 1. The fraction of sp³-hybridized carbons (Fsp3) is 0.909. The summed E-state index contributed by atoms with van der Waals surface area (Å²) in [5.41, 5.74) is 5.88. The van der Waals surface area contributed by atoms with E-state index in [2.05, 4.69) is 19.2 Å². The zero-order chi connectivity index (χ0) is 11.5. The van der Waals surface area contributed by atoms with Crippen molar-refractivity contribution in [3.8, 4) is 0 Å². The third-order valence-corrected chi connectivity index (χ3v) is 3.28. The number of aliphatic carboxylic acids is 1. The van der Waals surface area contributed by atoms with Crippen LogP contribution < -0.4 is 11.1 Å². The van der Waals surface area contributed by atoms with Crippen LogP contribution in [0.4, 0.5) is 0 Å². The van der Waals surface area contributed by atoms with Crippen molar-refractivity contribution in [2.75, 3.05) is 6.54 Å². The number of nitrogens with two attached hydrogens (primary N) is 1. The summed E-state index contributed by atoms with van der Waals surface area (Å²) in [6.07, 6.45) is 4.65. The molecule has 0 saturated heterocycles. The van der Waals surface area contributed by atoms with Gasteiger partial charge in [0.15, 0.2) is 0 Å². The average Bonchev–Trinajstić information content (AvgIpc) is 2.15. The summed E-state index contributed by atoms with van der Waals surface area (Å²) in [6.45, 7) is 4.94. The lowest BCUT2D eigenvalue weighted by molar-refractivity contribution is -0.138. The second-order valence-corrected chi connectivity index (χ2v) is 5.29. The van der Waals surface area contributed by atoms with Gasteiger partial charge >= 0.3 is 5.97 Å². The van der Waals surface area contributed by atoms with Gasteiger partial charge in [-0.3, -0.25) is 4.79 Å². The van der Waals surface area contributed by atoms with Gasteiger partial charge in [-0.25, -0.2) is 0 Å². The summed E-state index contributed by atoms with van der Waals surface area (Å²) in [5.74, 6) is -0.932. The first-order valence-corrected chi connectivity index (χ1v) is 5.62. The van der Waals surface area contributed by atoms with Crippen molar-refractivity contribution in [2.24, 2.45) is 11.1 Å². The van der Waals surface area contributed by atoms with Crippen LogP contribution in [0, 0.1) is 5.41 Å². The maximum atomic E-state index is 10.5. The quantitative estimate of drug-likeness (QED) is 0.651. The van der Waals surface area contributed by atoms with E-state index in [1.165, 1.54) is 12.8 Å². The Labute approximate surface area is 91.2 Å². The first-order valence-electron chi connectivity index (χ1n) is 5.62. The van der Waals surface area contributed by atoms with Crippen LogP contribution in [-0.4, -0.2) is 29.7 Å². The standard InChI is InChI=1S/C11H22N2O2/c1-11(2)5-3-8(4-6-11)13-7-9(12)10(14)15/h8-9,13H,3-7,12H2,1-2H3,(H,14,15). The molecule has 15 heavy (non-hydrogen) atoms. The molecule has 1 aliphatic rings. The summed E-state index contributed by atoms with van der Waals surface area (Å²) < 4.78 is 0. The van der Waals surface area contributed by atoms with Gasteiger partial charge in [-0.15, -0.1) is 0 Å². The molecule has 1 fully saturated rings. The smallest absolute Gasteiger partial charge is 0.321 e. The Hall–Kier alpha value is -0.610. The molecule has 0 spiro atoms. The summed E-state index contributed by atoms with van der Waals surface area (Å²) in [5, 5.41) is 11.9. The summed E-state index contributed by atoms with van der Waals surface area (Å²) >= 11 is 0. The lowest BCUT2D eigenvalue weighted by atomic mass is 9.75. The largest absolute Gasteiger partial charge is 0.480 e. The van der Waals surface area contributed by atoms with E-state index in [1.54, 1.807) is 0 Å². The third kappa shape index (κ3) is 4.18. The Morgan fingerprint density at radius 2 is 2.07 bits per heavy atom. The molecule has 1 rings (SSSR count). The molecule has 1 saturated carbocycles. The molecule has 1 aliphatic carbocycles. The average molecular weight is 214 g/mol. The van der Waals surface area contributed by atoms with E-state index in [1.807, 2.05) is 0 Å². The highest BCUT2D eigenvalue weighted by molar-refractivity contribution is 5.73. The molecule has 88 valence electrons. The number of rotatable bonds is 4. The highest BCUT2D eigenvalue weighted by atomic mass is 16.4. The van der Waals surface area contributed by atoms with Crippen molar-refractivity contribution in [3.63, 3.8) is 0 Å². The van der Waals surface area contributed by atoms with Crippen molar-refractivity contribution in [3.05, 3.63) is 0 Å². The number of nitrogens with one attached hydrogen (secondary N) is 1. The fourth-order valence-electron chi connectivity index (χ4n) is 1.98. The molecule has 4 N–H and O–H groups in total. The minimum absolute atomic E-state index is 0.375. The third-order valence-electron chi connectivity index (χ3n) is 3.28. The molecular formula is C11H22N2O2. The predicted octanol–water partition coefficient (Wildman–Crippen LogP) is 0.957. The number of hydrogen-bond acceptors (Lipinski definition) is 3. The zero-order valence-electron chi connectivity index (χ0n) is 9.62. The van der Waals surface area contributed by atoms with Crippen LogP contribution in [0.3, 0.4) is 0 Å². The molecule has 0 amide bonds. The second kappa shape index (κ2) is 4.94. The van der Waals surface area contributed by atoms with E-state index in [-0.39, 0.29) is 0 Å². The molecule has 4 heteroatoms. The van der Waals surface area contributed by atoms with Gasteiger partial charge in [0, 0.05) is 12.6 Å². The van der Waals surface area contributed by atoms with E-state index in [9.17, 15) is 4.79 Å². The molecule has 0 radical (unpaired) electrons. The zero-order valence-corrected chi connectivity index (χ0v) is 9.62. The number of carboxylic acid groups (broad SMARTS) is 1. The Morgan fingerprint density at radius 1 is 1.53 bits per heavy atom. The second-order valence-electron chi connectivity index (χ2n) is 5.29. The highest BCUT2D eigenvalue weighted by Crippen LogP contribution is 2.34. The molecule has 4 nitrogen and oxygen atoms in total. The van der Waals surface area contributed by atoms with Crippen LogP contribution in [-0.2, 0) is 4.79 Å². The normalized spacial score (nSPS) is 23.7. The molecule has 0 aromatic heterocycles. The SMILES string of the molecule is CC1(C)CCC(NCC(N)C(=O)O)CC1. The lowest BCUT2D eigenvalue weighted by Crippen LogP contribution is -2.45. The summed E-state index contributed by atoms with van der Waals surface area (Å²) in [7, 11) is 0. The Bertz CT molecular complexity index is 219. The minimum atomic E-state index is -0.932. The van der Waals surface area contributed by atoms with Crippen molar-refractivity contribution in [1.82, 2.24) is 5.32 Å². The summed E-state index contributed by atoms with van der Waals surface area (Å²) in [6, 6.07) is -0.330. The summed E-state index contributed by atoms with van der Waals surface area (Å²) in [4.78, 5) is 10.5. The fourth-order valence-corrected chi connectivity index (χ4v) is 1.98. The van der Waals surface area contributed by atoms with Gasteiger partial charge in [0.2, 0.25) is 0 Å². The van der Waals surface area contributed by atoms with Crippen LogP contribution >= 0.6 is 0 Å². The van der Waals surface area contributed by atoms with Gasteiger partial charge in [-0.1, -0.05) is 13.8 Å². The Morgan fingerprint density at radius 3 is 2.53 bits per heavy atom. The van der Waals surface area contributed by atoms with Gasteiger partial charge in [-0.2, -0.15) is 0 Å². The molecule has 0 heterocycles. The van der Waals surface area contributed by atoms with Crippen LogP contribution in [0.5, 0.6) is 0 Å². The number of carbonyl (C=O) groups is 1. The van der Waals surface area contributed by atoms with Crippen molar-refractivity contribution in [1.29, 1.82) is 0 Å². The van der Waals surface area contributed by atoms with E-state index < -0.39 is 12.0 Å². The van der Waals surface area contributed by atoms with E-state index in [0.29, 0.717) is 18.0 Å². The molecule has 0 bridgehead atoms. The van der Waals surface area contributed by atoms with Crippen LogP contribution in [0.1, 0.15) is 39.5 Å². The monoisotopic (exact) mass is 214 g/mol. The van der Waals surface area contributed by atoms with Crippen molar-refractivity contribution >= 4 is 5.97 Å². The molecule has 0 aromatic rings.